The van der Waals surface area contributed by atoms with Gasteiger partial charge in [-0.15, -0.1) is 0 Å². The second kappa shape index (κ2) is 7.44. The first-order valence-corrected chi connectivity index (χ1v) is 8.82. The third kappa shape index (κ3) is 4.51. The number of aliphatic carboxylic acids is 1. The molecule has 6 heteroatoms. The molecule has 2 fully saturated rings. The van der Waals surface area contributed by atoms with Gasteiger partial charge in [-0.2, -0.15) is 0 Å². The molecule has 1 amide bonds. The van der Waals surface area contributed by atoms with Crippen molar-refractivity contribution in [1.82, 2.24) is 5.32 Å². The van der Waals surface area contributed by atoms with Gasteiger partial charge in [0.05, 0.1) is 6.10 Å². The molecule has 1 aromatic carbocycles. The summed E-state index contributed by atoms with van der Waals surface area (Å²) in [6.07, 6.45) is 4.48. The van der Waals surface area contributed by atoms with Gasteiger partial charge in [0.15, 0.2) is 6.61 Å². The zero-order valence-electron chi connectivity index (χ0n) is 14.7. The maximum Gasteiger partial charge on any atom is 0.341 e. The van der Waals surface area contributed by atoms with E-state index in [1.54, 1.807) is 12.1 Å². The summed E-state index contributed by atoms with van der Waals surface area (Å²) in [5, 5.41) is 11.9. The Bertz CT molecular complexity index is 645. The van der Waals surface area contributed by atoms with Crippen LogP contribution in [-0.4, -0.2) is 42.3 Å². The number of hydrogen-bond donors (Lipinski definition) is 2. The molecule has 0 bridgehead atoms. The van der Waals surface area contributed by atoms with E-state index in [-0.39, 0.29) is 18.1 Å². The van der Waals surface area contributed by atoms with E-state index < -0.39 is 12.6 Å². The Morgan fingerprint density at radius 3 is 2.52 bits per heavy atom. The number of hydrogen-bond acceptors (Lipinski definition) is 4. The Morgan fingerprint density at radius 1 is 1.24 bits per heavy atom. The van der Waals surface area contributed by atoms with E-state index in [4.69, 9.17) is 14.6 Å². The van der Waals surface area contributed by atoms with Crippen LogP contribution in [0.15, 0.2) is 12.1 Å². The van der Waals surface area contributed by atoms with Crippen molar-refractivity contribution in [2.75, 3.05) is 13.2 Å². The molecular weight excluding hydrogens is 322 g/mol. The lowest BCUT2D eigenvalue weighted by Crippen LogP contribution is -2.42. The fourth-order valence-corrected chi connectivity index (χ4v) is 3.47. The number of carboxylic acids is 1. The predicted octanol–water partition coefficient (Wildman–Crippen LogP) is 2.45. The van der Waals surface area contributed by atoms with Crippen molar-refractivity contribution in [3.8, 4) is 5.75 Å². The van der Waals surface area contributed by atoms with Crippen LogP contribution < -0.4 is 10.1 Å². The number of carboxylic acid groups (broad SMARTS) is 1. The van der Waals surface area contributed by atoms with Gasteiger partial charge < -0.3 is 19.9 Å². The van der Waals surface area contributed by atoms with Crippen molar-refractivity contribution >= 4 is 11.9 Å². The Hall–Kier alpha value is -2.08. The Labute approximate surface area is 147 Å². The minimum Gasteiger partial charge on any atom is -0.481 e. The van der Waals surface area contributed by atoms with Crippen LogP contribution in [0.25, 0.3) is 0 Å². The normalized spacial score (nSPS) is 23.1. The molecule has 2 atom stereocenters. The van der Waals surface area contributed by atoms with Crippen LogP contribution in [0.4, 0.5) is 0 Å². The molecule has 2 N–H and O–H groups in total. The molecule has 2 unspecified atom stereocenters. The minimum atomic E-state index is -1.02. The van der Waals surface area contributed by atoms with Crippen LogP contribution in [0, 0.1) is 19.8 Å². The fourth-order valence-electron chi connectivity index (χ4n) is 3.47. The maximum atomic E-state index is 12.6. The van der Waals surface area contributed by atoms with Gasteiger partial charge >= 0.3 is 5.97 Å². The van der Waals surface area contributed by atoms with Crippen LogP contribution in [0.3, 0.4) is 0 Å². The Kier molecular flexibility index (Phi) is 5.27. The van der Waals surface area contributed by atoms with Gasteiger partial charge in [0.1, 0.15) is 5.75 Å². The van der Waals surface area contributed by atoms with Crippen molar-refractivity contribution in [1.29, 1.82) is 0 Å². The molecule has 0 radical (unpaired) electrons. The monoisotopic (exact) mass is 347 g/mol. The molecule has 0 spiro atoms. The first kappa shape index (κ1) is 17.7. The predicted molar refractivity (Wildman–Crippen MR) is 92.0 cm³/mol. The molecule has 6 nitrogen and oxygen atoms in total. The van der Waals surface area contributed by atoms with Crippen molar-refractivity contribution in [2.45, 2.75) is 51.7 Å². The van der Waals surface area contributed by atoms with Crippen molar-refractivity contribution < 1.29 is 24.2 Å². The largest absolute Gasteiger partial charge is 0.481 e. The highest BCUT2D eigenvalue weighted by Gasteiger charge is 2.36. The number of aryl methyl sites for hydroxylation is 2. The van der Waals surface area contributed by atoms with E-state index in [0.717, 1.165) is 24.0 Å². The number of carbonyl (C=O) groups excluding carboxylic acids is 1. The second-order valence-corrected chi connectivity index (χ2v) is 7.06. The third-order valence-corrected chi connectivity index (χ3v) is 4.86. The summed E-state index contributed by atoms with van der Waals surface area (Å²) in [5.41, 5.74) is 2.09. The SMILES string of the molecule is Cc1cc(C(=O)NC2CCOC(C3CC3)C2)cc(C)c1OCC(=O)O. The van der Waals surface area contributed by atoms with Gasteiger partial charge in [0.2, 0.25) is 0 Å². The number of carbonyl (C=O) groups is 2. The summed E-state index contributed by atoms with van der Waals surface area (Å²) in [4.78, 5) is 23.3. The zero-order chi connectivity index (χ0) is 18.0. The lowest BCUT2D eigenvalue weighted by molar-refractivity contribution is -0.139. The molecule has 1 saturated heterocycles. The van der Waals surface area contributed by atoms with Gasteiger partial charge in [-0.05, 0) is 68.7 Å². The highest BCUT2D eigenvalue weighted by molar-refractivity contribution is 5.95. The van der Waals surface area contributed by atoms with E-state index in [0.29, 0.717) is 23.8 Å². The van der Waals surface area contributed by atoms with Crippen molar-refractivity contribution in [2.24, 2.45) is 5.92 Å². The maximum absolute atomic E-state index is 12.6. The van der Waals surface area contributed by atoms with Crippen LogP contribution in [0.2, 0.25) is 0 Å². The average Bonchev–Trinajstić information content (AvgIpc) is 3.38. The van der Waals surface area contributed by atoms with E-state index in [1.807, 2.05) is 13.8 Å². The minimum absolute atomic E-state index is 0.0996. The number of amides is 1. The van der Waals surface area contributed by atoms with Gasteiger partial charge in [-0.1, -0.05) is 0 Å². The smallest absolute Gasteiger partial charge is 0.341 e. The van der Waals surface area contributed by atoms with Crippen LogP contribution in [-0.2, 0) is 9.53 Å². The summed E-state index contributed by atoms with van der Waals surface area (Å²) in [6, 6.07) is 3.64. The van der Waals surface area contributed by atoms with Crippen molar-refractivity contribution in [3.05, 3.63) is 28.8 Å². The molecular formula is C19H25NO5. The molecule has 1 aliphatic carbocycles. The molecule has 1 aromatic rings. The van der Waals surface area contributed by atoms with E-state index in [1.165, 1.54) is 12.8 Å². The lowest BCUT2D eigenvalue weighted by Gasteiger charge is -2.30. The average molecular weight is 347 g/mol. The van der Waals surface area contributed by atoms with Gasteiger partial charge in [-0.25, -0.2) is 4.79 Å². The molecule has 0 aromatic heterocycles. The Morgan fingerprint density at radius 2 is 1.92 bits per heavy atom. The van der Waals surface area contributed by atoms with Crippen molar-refractivity contribution in [3.63, 3.8) is 0 Å². The first-order valence-electron chi connectivity index (χ1n) is 8.82. The molecule has 25 heavy (non-hydrogen) atoms. The number of nitrogens with one attached hydrogen (secondary N) is 1. The second-order valence-electron chi connectivity index (χ2n) is 7.06. The Balaban J connectivity index is 1.64. The molecule has 3 rings (SSSR count). The lowest BCUT2D eigenvalue weighted by atomic mass is 9.99. The third-order valence-electron chi connectivity index (χ3n) is 4.86. The summed E-state index contributed by atoms with van der Waals surface area (Å²) in [6.45, 7) is 3.95. The molecule has 1 heterocycles. The summed E-state index contributed by atoms with van der Waals surface area (Å²) in [7, 11) is 0. The molecule has 1 aliphatic heterocycles. The highest BCUT2D eigenvalue weighted by atomic mass is 16.5. The number of benzene rings is 1. The zero-order valence-corrected chi connectivity index (χ0v) is 14.7. The number of ether oxygens (including phenoxy) is 2. The quantitative estimate of drug-likeness (QED) is 0.826. The number of rotatable bonds is 6. The highest BCUT2D eigenvalue weighted by Crippen LogP contribution is 2.38. The molecule has 1 saturated carbocycles. The van der Waals surface area contributed by atoms with Crippen LogP contribution in [0.5, 0.6) is 5.75 Å². The summed E-state index contributed by atoms with van der Waals surface area (Å²) in [5.74, 6) is 0.0801. The van der Waals surface area contributed by atoms with Crippen LogP contribution >= 0.6 is 0 Å². The van der Waals surface area contributed by atoms with E-state index in [2.05, 4.69) is 5.32 Å². The van der Waals surface area contributed by atoms with Crippen LogP contribution in [0.1, 0.15) is 47.2 Å². The van der Waals surface area contributed by atoms with E-state index in [9.17, 15) is 9.59 Å². The van der Waals surface area contributed by atoms with E-state index >= 15 is 0 Å². The molecule has 136 valence electrons. The van der Waals surface area contributed by atoms with Gasteiger partial charge in [0.25, 0.3) is 5.91 Å². The topological polar surface area (TPSA) is 84.9 Å². The standard InChI is InChI=1S/C19H25NO5/c1-11-7-14(8-12(2)18(11)25-10-17(21)22)19(23)20-15-5-6-24-16(9-15)13-3-4-13/h7-8,13,15-16H,3-6,9-10H2,1-2H3,(H,20,23)(H,21,22). The van der Waals surface area contributed by atoms with Gasteiger partial charge in [0, 0.05) is 18.2 Å². The molecule has 2 aliphatic rings. The summed E-state index contributed by atoms with van der Waals surface area (Å²) < 4.78 is 11.1. The fraction of sp³-hybridized carbons (Fsp3) is 0.579. The first-order chi connectivity index (χ1) is 11.9. The summed E-state index contributed by atoms with van der Waals surface area (Å²) >= 11 is 0. The van der Waals surface area contributed by atoms with Gasteiger partial charge in [-0.3, -0.25) is 4.79 Å².